The summed E-state index contributed by atoms with van der Waals surface area (Å²) in [5.74, 6) is 0.771. The van der Waals surface area contributed by atoms with Crippen LogP contribution in [0.25, 0.3) is 0 Å². The molecular formula is C14H17N3O4. The number of nitrogens with zero attached hydrogens (tertiary/aromatic N) is 2. The lowest BCUT2D eigenvalue weighted by atomic mass is 10.2. The standard InChI is InChI=1S/C14H17N3O4/c1-3-6-20-12-4-5-15-14(17-12)16-8-10-7-11(13(18)19)9(2)21-10/h4-5,7H,3,6,8H2,1-2H3,(H,18,19)(H,15,16,17). The monoisotopic (exact) mass is 291 g/mol. The Balaban J connectivity index is 1.99. The van der Waals surface area contributed by atoms with E-state index in [2.05, 4.69) is 15.3 Å². The second-order valence-electron chi connectivity index (χ2n) is 4.41. The van der Waals surface area contributed by atoms with Crippen molar-refractivity contribution in [2.75, 3.05) is 11.9 Å². The van der Waals surface area contributed by atoms with Crippen LogP contribution in [0, 0.1) is 6.92 Å². The van der Waals surface area contributed by atoms with E-state index in [0.29, 0.717) is 36.5 Å². The van der Waals surface area contributed by atoms with E-state index in [1.807, 2.05) is 6.92 Å². The summed E-state index contributed by atoms with van der Waals surface area (Å²) in [5.41, 5.74) is 0.160. The van der Waals surface area contributed by atoms with Crippen LogP contribution in [0.4, 0.5) is 5.95 Å². The number of furan rings is 1. The molecule has 0 bridgehead atoms. The number of nitrogens with one attached hydrogen (secondary N) is 1. The van der Waals surface area contributed by atoms with Gasteiger partial charge in [0.25, 0.3) is 0 Å². The summed E-state index contributed by atoms with van der Waals surface area (Å²) in [6.07, 6.45) is 2.49. The molecule has 0 saturated heterocycles. The molecule has 0 aromatic carbocycles. The number of carboxylic acids is 1. The number of rotatable bonds is 7. The lowest BCUT2D eigenvalue weighted by Crippen LogP contribution is -2.05. The molecule has 112 valence electrons. The van der Waals surface area contributed by atoms with Gasteiger partial charge in [-0.25, -0.2) is 9.78 Å². The Bertz CT molecular complexity index is 624. The van der Waals surface area contributed by atoms with Gasteiger partial charge in [-0.1, -0.05) is 6.92 Å². The smallest absolute Gasteiger partial charge is 0.339 e. The van der Waals surface area contributed by atoms with Crippen LogP contribution in [0.15, 0.2) is 22.7 Å². The van der Waals surface area contributed by atoms with Crippen LogP contribution < -0.4 is 10.1 Å². The minimum atomic E-state index is -1.01. The van der Waals surface area contributed by atoms with Gasteiger partial charge in [0, 0.05) is 12.3 Å². The zero-order valence-electron chi connectivity index (χ0n) is 11.9. The number of hydrogen-bond donors (Lipinski definition) is 2. The maximum Gasteiger partial charge on any atom is 0.339 e. The fourth-order valence-electron chi connectivity index (χ4n) is 1.72. The van der Waals surface area contributed by atoms with Crippen molar-refractivity contribution in [3.63, 3.8) is 0 Å². The van der Waals surface area contributed by atoms with E-state index in [1.54, 1.807) is 19.2 Å². The highest BCUT2D eigenvalue weighted by Gasteiger charge is 2.13. The molecule has 2 heterocycles. The Morgan fingerprint density at radius 1 is 1.52 bits per heavy atom. The molecule has 0 aliphatic rings. The molecular weight excluding hydrogens is 274 g/mol. The first kappa shape index (κ1) is 14.8. The fourth-order valence-corrected chi connectivity index (χ4v) is 1.72. The van der Waals surface area contributed by atoms with Gasteiger partial charge in [-0.2, -0.15) is 4.98 Å². The number of carboxylic acid groups (broad SMARTS) is 1. The Hall–Kier alpha value is -2.57. The molecule has 2 aromatic heterocycles. The van der Waals surface area contributed by atoms with Crippen molar-refractivity contribution in [3.8, 4) is 5.88 Å². The summed E-state index contributed by atoms with van der Waals surface area (Å²) >= 11 is 0. The largest absolute Gasteiger partial charge is 0.478 e. The first-order valence-electron chi connectivity index (χ1n) is 6.62. The van der Waals surface area contributed by atoms with Gasteiger partial charge in [-0.05, 0) is 19.4 Å². The maximum absolute atomic E-state index is 10.9. The van der Waals surface area contributed by atoms with Crippen LogP contribution in [0.5, 0.6) is 5.88 Å². The summed E-state index contributed by atoms with van der Waals surface area (Å²) in [6.45, 7) is 4.52. The van der Waals surface area contributed by atoms with Crippen molar-refractivity contribution >= 4 is 11.9 Å². The van der Waals surface area contributed by atoms with E-state index >= 15 is 0 Å². The van der Waals surface area contributed by atoms with Crippen molar-refractivity contribution in [2.45, 2.75) is 26.8 Å². The van der Waals surface area contributed by atoms with E-state index < -0.39 is 5.97 Å². The molecule has 0 saturated carbocycles. The number of hydrogen-bond acceptors (Lipinski definition) is 6. The van der Waals surface area contributed by atoms with E-state index in [4.69, 9.17) is 14.3 Å². The topological polar surface area (TPSA) is 97.5 Å². The molecule has 0 radical (unpaired) electrons. The highest BCUT2D eigenvalue weighted by Crippen LogP contribution is 2.16. The molecule has 0 aliphatic heterocycles. The van der Waals surface area contributed by atoms with Gasteiger partial charge in [0.15, 0.2) is 0 Å². The van der Waals surface area contributed by atoms with E-state index in [9.17, 15) is 4.79 Å². The van der Waals surface area contributed by atoms with Crippen LogP contribution in [-0.4, -0.2) is 27.7 Å². The summed E-state index contributed by atoms with van der Waals surface area (Å²) in [6, 6.07) is 3.17. The number of ether oxygens (including phenoxy) is 1. The average molecular weight is 291 g/mol. The summed E-state index contributed by atoms with van der Waals surface area (Å²) in [5, 5.41) is 11.9. The highest BCUT2D eigenvalue weighted by atomic mass is 16.5. The molecule has 2 N–H and O–H groups in total. The molecule has 2 rings (SSSR count). The first-order chi connectivity index (χ1) is 10.1. The molecule has 7 nitrogen and oxygen atoms in total. The van der Waals surface area contributed by atoms with Crippen molar-refractivity contribution in [1.82, 2.24) is 9.97 Å². The van der Waals surface area contributed by atoms with Crippen LogP contribution in [0.3, 0.4) is 0 Å². The minimum absolute atomic E-state index is 0.160. The number of aryl methyl sites for hydroxylation is 1. The molecule has 7 heteroatoms. The van der Waals surface area contributed by atoms with Crippen LogP contribution in [0.1, 0.15) is 35.2 Å². The Morgan fingerprint density at radius 2 is 2.33 bits per heavy atom. The van der Waals surface area contributed by atoms with Crippen molar-refractivity contribution < 1.29 is 19.1 Å². The van der Waals surface area contributed by atoms with Crippen molar-refractivity contribution in [1.29, 1.82) is 0 Å². The molecule has 21 heavy (non-hydrogen) atoms. The number of anilines is 1. The normalized spacial score (nSPS) is 10.4. The maximum atomic E-state index is 10.9. The Kier molecular flexibility index (Phi) is 4.76. The highest BCUT2D eigenvalue weighted by molar-refractivity contribution is 5.88. The molecule has 0 aliphatic carbocycles. The van der Waals surface area contributed by atoms with Gasteiger partial charge in [0.05, 0.1) is 13.2 Å². The van der Waals surface area contributed by atoms with E-state index in [1.165, 1.54) is 6.07 Å². The van der Waals surface area contributed by atoms with Crippen LogP contribution in [-0.2, 0) is 6.54 Å². The Morgan fingerprint density at radius 3 is 3.00 bits per heavy atom. The fraction of sp³-hybridized carbons (Fsp3) is 0.357. The van der Waals surface area contributed by atoms with Gasteiger partial charge in [-0.15, -0.1) is 0 Å². The number of carbonyl (C=O) groups is 1. The summed E-state index contributed by atoms with van der Waals surface area (Å²) < 4.78 is 10.8. The SMILES string of the molecule is CCCOc1ccnc(NCc2cc(C(=O)O)c(C)o2)n1. The molecule has 2 aromatic rings. The molecule has 0 spiro atoms. The second kappa shape index (κ2) is 6.74. The Labute approximate surface area is 122 Å². The van der Waals surface area contributed by atoms with Crippen LogP contribution >= 0.6 is 0 Å². The summed E-state index contributed by atoms with van der Waals surface area (Å²) in [4.78, 5) is 19.2. The van der Waals surface area contributed by atoms with Crippen molar-refractivity contribution in [3.05, 3.63) is 35.4 Å². The summed E-state index contributed by atoms with van der Waals surface area (Å²) in [7, 11) is 0. The van der Waals surface area contributed by atoms with Gasteiger partial charge in [-0.3, -0.25) is 0 Å². The minimum Gasteiger partial charge on any atom is -0.478 e. The quantitative estimate of drug-likeness (QED) is 0.808. The molecule has 0 amide bonds. The van der Waals surface area contributed by atoms with Gasteiger partial charge < -0.3 is 19.6 Å². The predicted octanol–water partition coefficient (Wildman–Crippen LogP) is 2.48. The third-order valence-electron chi connectivity index (χ3n) is 2.70. The molecule has 0 atom stereocenters. The zero-order chi connectivity index (χ0) is 15.2. The lowest BCUT2D eigenvalue weighted by Gasteiger charge is -2.06. The van der Waals surface area contributed by atoms with Crippen LogP contribution in [0.2, 0.25) is 0 Å². The van der Waals surface area contributed by atoms with E-state index in [0.717, 1.165) is 6.42 Å². The first-order valence-corrected chi connectivity index (χ1v) is 6.62. The third-order valence-corrected chi connectivity index (χ3v) is 2.70. The molecule has 0 fully saturated rings. The van der Waals surface area contributed by atoms with Crippen molar-refractivity contribution in [2.24, 2.45) is 0 Å². The second-order valence-corrected chi connectivity index (χ2v) is 4.41. The van der Waals surface area contributed by atoms with Gasteiger partial charge >= 0.3 is 5.97 Å². The zero-order valence-corrected chi connectivity index (χ0v) is 11.9. The average Bonchev–Trinajstić information content (AvgIpc) is 2.85. The predicted molar refractivity (Wildman–Crippen MR) is 75.5 cm³/mol. The number of aromatic carboxylic acids is 1. The number of aromatic nitrogens is 2. The lowest BCUT2D eigenvalue weighted by molar-refractivity contribution is 0.0695. The molecule has 0 unspecified atom stereocenters. The van der Waals surface area contributed by atoms with E-state index in [-0.39, 0.29) is 5.56 Å². The van der Waals surface area contributed by atoms with Gasteiger partial charge in [0.1, 0.15) is 17.1 Å². The third kappa shape index (κ3) is 3.95. The van der Waals surface area contributed by atoms with Gasteiger partial charge in [0.2, 0.25) is 11.8 Å².